The molecule has 0 bridgehead atoms. The molecule has 0 unspecified atom stereocenters. The summed E-state index contributed by atoms with van der Waals surface area (Å²) in [6, 6.07) is 7.90. The topological polar surface area (TPSA) is 45.9 Å². The zero-order valence-corrected chi connectivity index (χ0v) is 11.5. The number of halogens is 4. The smallest absolute Gasteiger partial charge is 0.416 e. The van der Waals surface area contributed by atoms with E-state index >= 15 is 0 Å². The van der Waals surface area contributed by atoms with Gasteiger partial charge in [0.25, 0.3) is 0 Å². The standard InChI is InChI=1S/C14H8ClF3N2O/c1-21-12-3-2-8(7-19)4-10(12)11-5-9(14(16,17)18)6-13(15)20-11/h2-6H,1H3. The number of nitrogens with zero attached hydrogens (tertiary/aromatic N) is 2. The predicted octanol–water partition coefficient (Wildman–Crippen LogP) is 4.30. The molecule has 0 N–H and O–H groups in total. The quantitative estimate of drug-likeness (QED) is 0.777. The molecule has 2 aromatic rings. The highest BCUT2D eigenvalue weighted by Gasteiger charge is 2.31. The second-order valence-electron chi connectivity index (χ2n) is 4.09. The minimum absolute atomic E-state index is 0.0104. The van der Waals surface area contributed by atoms with E-state index in [2.05, 4.69) is 4.98 Å². The first-order valence-corrected chi connectivity index (χ1v) is 6.06. The van der Waals surface area contributed by atoms with Crippen LogP contribution in [0.15, 0.2) is 30.3 Å². The summed E-state index contributed by atoms with van der Waals surface area (Å²) in [6.45, 7) is 0. The van der Waals surface area contributed by atoms with Crippen molar-refractivity contribution in [3.63, 3.8) is 0 Å². The van der Waals surface area contributed by atoms with Gasteiger partial charge in [-0.25, -0.2) is 4.98 Å². The number of hydrogen-bond donors (Lipinski definition) is 0. The monoisotopic (exact) mass is 312 g/mol. The van der Waals surface area contributed by atoms with Gasteiger partial charge in [-0.1, -0.05) is 11.6 Å². The first kappa shape index (κ1) is 15.1. The van der Waals surface area contributed by atoms with Crippen molar-refractivity contribution in [1.82, 2.24) is 4.98 Å². The third-order valence-corrected chi connectivity index (χ3v) is 2.92. The van der Waals surface area contributed by atoms with E-state index in [0.29, 0.717) is 5.75 Å². The van der Waals surface area contributed by atoms with E-state index in [0.717, 1.165) is 12.1 Å². The Kier molecular flexibility index (Phi) is 4.05. The van der Waals surface area contributed by atoms with Crippen LogP contribution in [0.1, 0.15) is 11.1 Å². The molecule has 0 aliphatic rings. The second kappa shape index (κ2) is 5.62. The molecule has 0 spiro atoms. The predicted molar refractivity (Wildman–Crippen MR) is 71.0 cm³/mol. The van der Waals surface area contributed by atoms with Gasteiger partial charge in [-0.3, -0.25) is 0 Å². The molecular formula is C14H8ClF3N2O. The number of hydrogen-bond acceptors (Lipinski definition) is 3. The molecule has 0 saturated carbocycles. The lowest BCUT2D eigenvalue weighted by atomic mass is 10.0. The van der Waals surface area contributed by atoms with Crippen LogP contribution in [-0.2, 0) is 6.18 Å². The van der Waals surface area contributed by atoms with Gasteiger partial charge in [0.05, 0.1) is 30.0 Å². The number of nitriles is 1. The molecule has 3 nitrogen and oxygen atoms in total. The van der Waals surface area contributed by atoms with Crippen LogP contribution in [0.5, 0.6) is 5.75 Å². The average molecular weight is 313 g/mol. The number of alkyl halides is 3. The van der Waals surface area contributed by atoms with E-state index in [1.165, 1.54) is 25.3 Å². The third-order valence-electron chi connectivity index (χ3n) is 2.73. The highest BCUT2D eigenvalue weighted by Crippen LogP contribution is 2.36. The van der Waals surface area contributed by atoms with Crippen LogP contribution in [0.2, 0.25) is 5.15 Å². The van der Waals surface area contributed by atoms with E-state index in [1.54, 1.807) is 0 Å². The Morgan fingerprint density at radius 2 is 1.95 bits per heavy atom. The van der Waals surface area contributed by atoms with Gasteiger partial charge in [0.15, 0.2) is 0 Å². The average Bonchev–Trinajstić information content (AvgIpc) is 2.45. The summed E-state index contributed by atoms with van der Waals surface area (Å²) in [5.74, 6) is 0.303. The van der Waals surface area contributed by atoms with Crippen molar-refractivity contribution >= 4 is 11.6 Å². The third kappa shape index (κ3) is 3.26. The molecule has 0 aliphatic heterocycles. The Labute approximate surface area is 123 Å². The highest BCUT2D eigenvalue weighted by molar-refractivity contribution is 6.29. The Hall–Kier alpha value is -2.26. The summed E-state index contributed by atoms with van der Waals surface area (Å²) in [7, 11) is 1.38. The lowest BCUT2D eigenvalue weighted by Gasteiger charge is -2.12. The van der Waals surface area contributed by atoms with Gasteiger partial charge in [-0.2, -0.15) is 18.4 Å². The zero-order chi connectivity index (χ0) is 15.6. The van der Waals surface area contributed by atoms with Gasteiger partial charge >= 0.3 is 6.18 Å². The second-order valence-corrected chi connectivity index (χ2v) is 4.48. The van der Waals surface area contributed by atoms with Crippen LogP contribution < -0.4 is 4.74 Å². The van der Waals surface area contributed by atoms with Gasteiger partial charge < -0.3 is 4.74 Å². The molecule has 0 aliphatic carbocycles. The number of methoxy groups -OCH3 is 1. The molecule has 0 atom stereocenters. The maximum atomic E-state index is 12.8. The van der Waals surface area contributed by atoms with Gasteiger partial charge in [-0.05, 0) is 30.3 Å². The van der Waals surface area contributed by atoms with Crippen molar-refractivity contribution in [2.75, 3.05) is 7.11 Å². The van der Waals surface area contributed by atoms with E-state index in [4.69, 9.17) is 21.6 Å². The number of aromatic nitrogens is 1. The fraction of sp³-hybridized carbons (Fsp3) is 0.143. The number of benzene rings is 1. The van der Waals surface area contributed by atoms with Crippen molar-refractivity contribution in [3.8, 4) is 23.1 Å². The summed E-state index contributed by atoms with van der Waals surface area (Å²) < 4.78 is 43.6. The molecule has 1 heterocycles. The van der Waals surface area contributed by atoms with Crippen LogP contribution in [0.4, 0.5) is 13.2 Å². The van der Waals surface area contributed by atoms with Crippen LogP contribution >= 0.6 is 11.6 Å². The van der Waals surface area contributed by atoms with Gasteiger partial charge in [0, 0.05) is 5.56 Å². The molecule has 21 heavy (non-hydrogen) atoms. The molecule has 0 radical (unpaired) electrons. The van der Waals surface area contributed by atoms with E-state index in [1.807, 2.05) is 6.07 Å². The lowest BCUT2D eigenvalue weighted by Crippen LogP contribution is -2.06. The molecule has 0 saturated heterocycles. The minimum atomic E-state index is -4.54. The van der Waals surface area contributed by atoms with Crippen molar-refractivity contribution in [2.45, 2.75) is 6.18 Å². The summed E-state index contributed by atoms with van der Waals surface area (Å²) >= 11 is 5.66. The van der Waals surface area contributed by atoms with Crippen LogP contribution in [0.25, 0.3) is 11.3 Å². The molecular weight excluding hydrogens is 305 g/mol. The summed E-state index contributed by atoms with van der Waals surface area (Å²) in [5.41, 5.74) is -0.378. The van der Waals surface area contributed by atoms with E-state index in [9.17, 15) is 13.2 Å². The van der Waals surface area contributed by atoms with Crippen molar-refractivity contribution < 1.29 is 17.9 Å². The van der Waals surface area contributed by atoms with Gasteiger partial charge in [0.2, 0.25) is 0 Å². The molecule has 2 rings (SSSR count). The van der Waals surface area contributed by atoms with E-state index in [-0.39, 0.29) is 22.0 Å². The normalized spacial score (nSPS) is 11.0. The van der Waals surface area contributed by atoms with Gasteiger partial charge in [-0.15, -0.1) is 0 Å². The molecule has 0 amide bonds. The van der Waals surface area contributed by atoms with Gasteiger partial charge in [0.1, 0.15) is 10.9 Å². The Morgan fingerprint density at radius 3 is 2.52 bits per heavy atom. The minimum Gasteiger partial charge on any atom is -0.496 e. The Morgan fingerprint density at radius 1 is 1.24 bits per heavy atom. The SMILES string of the molecule is COc1ccc(C#N)cc1-c1cc(C(F)(F)F)cc(Cl)n1. The lowest BCUT2D eigenvalue weighted by molar-refractivity contribution is -0.137. The molecule has 108 valence electrons. The fourth-order valence-electron chi connectivity index (χ4n) is 1.78. The van der Waals surface area contributed by atoms with Crippen LogP contribution in [-0.4, -0.2) is 12.1 Å². The van der Waals surface area contributed by atoms with Crippen LogP contribution in [0.3, 0.4) is 0 Å². The fourth-order valence-corrected chi connectivity index (χ4v) is 1.98. The zero-order valence-electron chi connectivity index (χ0n) is 10.7. The molecule has 1 aromatic carbocycles. The summed E-state index contributed by atoms with van der Waals surface area (Å²) in [4.78, 5) is 3.88. The Bertz CT molecular complexity index is 723. The number of pyridine rings is 1. The van der Waals surface area contributed by atoms with Crippen molar-refractivity contribution in [1.29, 1.82) is 5.26 Å². The number of rotatable bonds is 2. The molecule has 7 heteroatoms. The van der Waals surface area contributed by atoms with E-state index < -0.39 is 11.7 Å². The number of ether oxygens (including phenoxy) is 1. The van der Waals surface area contributed by atoms with Crippen LogP contribution in [0, 0.1) is 11.3 Å². The highest BCUT2D eigenvalue weighted by atomic mass is 35.5. The largest absolute Gasteiger partial charge is 0.496 e. The first-order valence-electron chi connectivity index (χ1n) is 5.68. The molecule has 0 fully saturated rings. The van der Waals surface area contributed by atoms with Crippen molar-refractivity contribution in [3.05, 3.63) is 46.6 Å². The molecule has 1 aromatic heterocycles. The summed E-state index contributed by atoms with van der Waals surface area (Å²) in [6.07, 6.45) is -4.54. The summed E-state index contributed by atoms with van der Waals surface area (Å²) in [5, 5.41) is 8.61. The maximum Gasteiger partial charge on any atom is 0.416 e. The first-order chi connectivity index (χ1) is 9.85. The maximum absolute atomic E-state index is 12.8. The Balaban J connectivity index is 2.67. The van der Waals surface area contributed by atoms with Crippen molar-refractivity contribution in [2.24, 2.45) is 0 Å².